The quantitative estimate of drug-likeness (QED) is 0.722. The topological polar surface area (TPSA) is 29.1 Å². The highest BCUT2D eigenvalue weighted by Crippen LogP contribution is 1.89. The fourth-order valence-electron chi connectivity index (χ4n) is 0.784. The van der Waals surface area contributed by atoms with E-state index < -0.39 is 0 Å². The Morgan fingerprint density at radius 3 is 2.00 bits per heavy atom. The van der Waals surface area contributed by atoms with Gasteiger partial charge in [0, 0.05) is 13.5 Å². The number of hydrogen-bond donors (Lipinski definition) is 2. The minimum atomic E-state index is 0.0509. The smallest absolute Gasteiger partial charge is 0.220 e. The average molecular weight is 270 g/mol. The number of rotatable bonds is 6. The lowest BCUT2D eigenvalue weighted by Gasteiger charge is -1.97. The van der Waals surface area contributed by atoms with Gasteiger partial charge in [-0.2, -0.15) is 12.6 Å². The van der Waals surface area contributed by atoms with Crippen molar-refractivity contribution in [1.82, 2.24) is 5.32 Å². The molecular weight excluding hydrogens is 246 g/mol. The maximum Gasteiger partial charge on any atom is 0.220 e. The maximum absolute atomic E-state index is 10.3. The van der Waals surface area contributed by atoms with Crippen LogP contribution in [0, 0.1) is 0 Å². The van der Waals surface area contributed by atoms with Crippen LogP contribution in [0.4, 0.5) is 0 Å². The first-order valence-corrected chi connectivity index (χ1v) is 8.40. The van der Waals surface area contributed by atoms with Crippen molar-refractivity contribution in [2.45, 2.75) is 33.1 Å². The van der Waals surface area contributed by atoms with Gasteiger partial charge < -0.3 is 5.32 Å². The summed E-state index contributed by atoms with van der Waals surface area (Å²) in [6.07, 6.45) is 3.03. The summed E-state index contributed by atoms with van der Waals surface area (Å²) < 4.78 is 0. The van der Waals surface area contributed by atoms with Gasteiger partial charge in [-0.1, -0.05) is 25.0 Å². The monoisotopic (exact) mass is 269 g/mol. The van der Waals surface area contributed by atoms with E-state index in [4.69, 9.17) is 11.2 Å². The molecule has 0 atom stereocenters. The van der Waals surface area contributed by atoms with Crippen LogP contribution >= 0.6 is 12.6 Å². The Balaban J connectivity index is 0. The van der Waals surface area contributed by atoms with E-state index in [9.17, 15) is 4.79 Å². The van der Waals surface area contributed by atoms with Crippen LogP contribution in [0.3, 0.4) is 0 Å². The second-order valence-electron chi connectivity index (χ2n) is 2.99. The molecule has 92 valence electrons. The van der Waals surface area contributed by atoms with E-state index in [1.165, 1.54) is 24.3 Å². The van der Waals surface area contributed by atoms with Crippen LogP contribution in [0.2, 0.25) is 0 Å². The summed E-state index contributed by atoms with van der Waals surface area (Å²) in [4.78, 5) is 10.3. The molecule has 5 heteroatoms. The van der Waals surface area contributed by atoms with E-state index >= 15 is 0 Å². The molecule has 15 heavy (non-hydrogen) atoms. The molecule has 0 aliphatic rings. The normalized spacial score (nSPS) is 9.40. The molecule has 0 radical (unpaired) electrons. The Kier molecular flexibility index (Phi) is 17.1. The molecule has 0 aliphatic carbocycles. The van der Waals surface area contributed by atoms with Gasteiger partial charge in [0.15, 0.2) is 0 Å². The average Bonchev–Trinajstić information content (AvgIpc) is 2.20. The van der Waals surface area contributed by atoms with Gasteiger partial charge in [-0.25, -0.2) is 0 Å². The molecule has 0 aromatic rings. The Bertz CT molecular complexity index is 166. The lowest BCUT2D eigenvalue weighted by molar-refractivity contribution is -0.120. The van der Waals surface area contributed by atoms with Gasteiger partial charge in [-0.15, -0.1) is 9.45 Å². The number of carbonyl (C=O) groups excluding carboxylic acids is 1. The number of nitrogens with one attached hydrogen (secondary N) is 1. The SMILES string of the molecule is CCCS(=S)CCC.CNC(=O)CCS. The molecule has 0 spiro atoms. The van der Waals surface area contributed by atoms with Gasteiger partial charge in [0.05, 0.1) is 0 Å². The molecule has 0 heterocycles. The summed E-state index contributed by atoms with van der Waals surface area (Å²) in [6.45, 7) is 4.39. The predicted octanol–water partition coefficient (Wildman–Crippen LogP) is 1.94. The zero-order chi connectivity index (χ0) is 12.1. The van der Waals surface area contributed by atoms with Crippen LogP contribution < -0.4 is 5.32 Å². The van der Waals surface area contributed by atoms with Gasteiger partial charge in [-0.3, -0.25) is 4.79 Å². The van der Waals surface area contributed by atoms with Gasteiger partial charge >= 0.3 is 0 Å². The third kappa shape index (κ3) is 17.0. The van der Waals surface area contributed by atoms with E-state index in [1.54, 1.807) is 7.05 Å². The minimum Gasteiger partial charge on any atom is -0.359 e. The molecule has 0 unspecified atom stereocenters. The van der Waals surface area contributed by atoms with Crippen LogP contribution in [0.5, 0.6) is 0 Å². The summed E-state index contributed by atoms with van der Waals surface area (Å²) >= 11 is 9.02. The largest absolute Gasteiger partial charge is 0.359 e. The molecule has 0 saturated heterocycles. The number of amides is 1. The molecule has 0 aromatic heterocycles. The van der Waals surface area contributed by atoms with Crippen LogP contribution in [0.1, 0.15) is 33.1 Å². The molecule has 0 aromatic carbocycles. The van der Waals surface area contributed by atoms with Gasteiger partial charge in [0.2, 0.25) is 5.91 Å². The fourth-order valence-corrected chi connectivity index (χ4v) is 3.10. The van der Waals surface area contributed by atoms with Gasteiger partial charge in [0.1, 0.15) is 0 Å². The Hall–Kier alpha value is 0.390. The number of carbonyl (C=O) groups is 1. The third-order valence-corrected chi connectivity index (χ3v) is 4.43. The minimum absolute atomic E-state index is 0.0509. The first-order valence-electron chi connectivity index (χ1n) is 5.28. The molecule has 2 nitrogen and oxygen atoms in total. The van der Waals surface area contributed by atoms with E-state index in [-0.39, 0.29) is 5.91 Å². The summed E-state index contributed by atoms with van der Waals surface area (Å²) in [6, 6.07) is 0. The molecule has 0 aliphatic heterocycles. The lowest BCUT2D eigenvalue weighted by Crippen LogP contribution is -2.17. The second-order valence-corrected chi connectivity index (χ2v) is 6.55. The van der Waals surface area contributed by atoms with Crippen molar-refractivity contribution in [1.29, 1.82) is 0 Å². The van der Waals surface area contributed by atoms with E-state index in [2.05, 4.69) is 31.8 Å². The summed E-state index contributed by atoms with van der Waals surface area (Å²) in [5, 5.41) is 2.48. The molecule has 1 amide bonds. The fraction of sp³-hybridized carbons (Fsp3) is 0.900. The van der Waals surface area contributed by atoms with Gasteiger partial charge in [-0.05, 0) is 30.1 Å². The Morgan fingerprint density at radius 1 is 1.33 bits per heavy atom. The van der Waals surface area contributed by atoms with Crippen molar-refractivity contribution >= 4 is 39.2 Å². The molecule has 0 fully saturated rings. The summed E-state index contributed by atoms with van der Waals surface area (Å²) in [5.74, 6) is 3.18. The summed E-state index contributed by atoms with van der Waals surface area (Å²) in [7, 11) is 1.93. The van der Waals surface area contributed by atoms with E-state index in [1.807, 2.05) is 0 Å². The molecule has 0 bridgehead atoms. The number of hydrogen-bond acceptors (Lipinski definition) is 3. The van der Waals surface area contributed by atoms with E-state index in [0.29, 0.717) is 21.6 Å². The van der Waals surface area contributed by atoms with Crippen molar-refractivity contribution in [3.8, 4) is 0 Å². The Labute approximate surface area is 107 Å². The van der Waals surface area contributed by atoms with Crippen molar-refractivity contribution in [2.75, 3.05) is 24.3 Å². The maximum atomic E-state index is 10.3. The van der Waals surface area contributed by atoms with E-state index in [0.717, 1.165) is 0 Å². The van der Waals surface area contributed by atoms with Crippen molar-refractivity contribution in [3.63, 3.8) is 0 Å². The predicted molar refractivity (Wildman–Crippen MR) is 77.6 cm³/mol. The first kappa shape index (κ1) is 17.8. The van der Waals surface area contributed by atoms with Crippen LogP contribution in [-0.4, -0.2) is 30.2 Å². The zero-order valence-corrected chi connectivity index (χ0v) is 12.4. The molecule has 0 rings (SSSR count). The van der Waals surface area contributed by atoms with Gasteiger partial charge in [0.25, 0.3) is 0 Å². The summed E-state index contributed by atoms with van der Waals surface area (Å²) in [5.41, 5.74) is 0. The second kappa shape index (κ2) is 14.4. The molecule has 1 N–H and O–H groups in total. The van der Waals surface area contributed by atoms with Crippen molar-refractivity contribution < 1.29 is 4.79 Å². The third-order valence-electron chi connectivity index (χ3n) is 1.48. The van der Waals surface area contributed by atoms with Crippen LogP contribution in [-0.2, 0) is 25.4 Å². The zero-order valence-electron chi connectivity index (χ0n) is 9.91. The molecular formula is C10H23NOS3. The number of thiol groups is 1. The highest BCUT2D eigenvalue weighted by molar-refractivity contribution is 8.28. The highest BCUT2D eigenvalue weighted by Gasteiger charge is 1.90. The Morgan fingerprint density at radius 2 is 1.80 bits per heavy atom. The highest BCUT2D eigenvalue weighted by atomic mass is 32.8. The first-order chi connectivity index (χ1) is 7.12. The molecule has 0 saturated carbocycles. The van der Waals surface area contributed by atoms with Crippen molar-refractivity contribution in [3.05, 3.63) is 0 Å². The van der Waals surface area contributed by atoms with Crippen LogP contribution in [0.15, 0.2) is 0 Å². The van der Waals surface area contributed by atoms with Crippen molar-refractivity contribution in [2.24, 2.45) is 0 Å². The lowest BCUT2D eigenvalue weighted by atomic mass is 10.5. The van der Waals surface area contributed by atoms with Crippen LogP contribution in [0.25, 0.3) is 0 Å². The standard InChI is InChI=1S/C6H14S2.C4H9NOS/c1-3-5-8(7)6-4-2;1-5-4(6)2-3-7/h3-6H2,1-2H3;7H,2-3H2,1H3,(H,5,6).